The van der Waals surface area contributed by atoms with Crippen LogP contribution in [0, 0.1) is 46.3 Å². The molecule has 0 spiro atoms. The van der Waals surface area contributed by atoms with Crippen LogP contribution in [0.15, 0.2) is 0 Å². The molecule has 4 fully saturated rings. The number of hydrogen-bond donors (Lipinski definition) is 2. The summed E-state index contributed by atoms with van der Waals surface area (Å²) in [5, 5.41) is 19.3. The third kappa shape index (κ3) is 3.05. The van der Waals surface area contributed by atoms with Gasteiger partial charge < -0.3 is 10.2 Å². The third-order valence-corrected chi connectivity index (χ3v) is 10.0. The molecule has 4 rings (SSSR count). The smallest absolute Gasteiger partial charge is 0.303 e. The molecule has 4 aliphatic rings. The summed E-state index contributed by atoms with van der Waals surface area (Å²) in [6, 6.07) is 0. The fraction of sp³-hybridized carbons (Fsp3) is 0.917. The largest absolute Gasteiger partial charge is 0.481 e. The van der Waals surface area contributed by atoms with Gasteiger partial charge in [0.2, 0.25) is 0 Å². The van der Waals surface area contributed by atoms with Gasteiger partial charge in [-0.05, 0) is 91.8 Å². The Hall–Kier alpha value is -0.900. The first-order valence-corrected chi connectivity index (χ1v) is 11.6. The van der Waals surface area contributed by atoms with Crippen molar-refractivity contribution in [3.63, 3.8) is 0 Å². The number of carbonyl (C=O) groups excluding carboxylic acids is 1. The molecule has 0 amide bonds. The van der Waals surface area contributed by atoms with E-state index >= 15 is 0 Å². The second-order valence-electron chi connectivity index (χ2n) is 11.2. The topological polar surface area (TPSA) is 74.6 Å². The standard InChI is InChI=1S/C24H38O4/c1-14(4-7-21(27)28)17-5-6-18-22-19(9-11-24(17,18)3)23(2)10-8-16(25)12-15(23)13-20(22)26/h14-19,22,25H,4-13H2,1-3H3,(H,27,28)/t14-,15?,16-,17-,18+,19+,22+,23+,24-/m1/s1. The average molecular weight is 391 g/mol. The molecule has 28 heavy (non-hydrogen) atoms. The van der Waals surface area contributed by atoms with E-state index in [0.717, 1.165) is 44.9 Å². The zero-order valence-electron chi connectivity index (χ0n) is 17.8. The molecule has 4 nitrogen and oxygen atoms in total. The van der Waals surface area contributed by atoms with Crippen LogP contribution in [0.4, 0.5) is 0 Å². The zero-order chi connectivity index (χ0) is 20.3. The number of aliphatic carboxylic acids is 1. The fourth-order valence-corrected chi connectivity index (χ4v) is 8.44. The van der Waals surface area contributed by atoms with Gasteiger partial charge in [-0.1, -0.05) is 20.8 Å². The summed E-state index contributed by atoms with van der Waals surface area (Å²) in [6.07, 6.45) is 8.81. The van der Waals surface area contributed by atoms with Gasteiger partial charge in [0.15, 0.2) is 0 Å². The second-order valence-corrected chi connectivity index (χ2v) is 11.2. The number of aliphatic hydroxyl groups is 1. The number of carboxylic acid groups (broad SMARTS) is 1. The molecule has 4 heteroatoms. The summed E-state index contributed by atoms with van der Waals surface area (Å²) in [7, 11) is 0. The van der Waals surface area contributed by atoms with Crippen molar-refractivity contribution in [2.45, 2.75) is 91.1 Å². The summed E-state index contributed by atoms with van der Waals surface area (Å²) in [5.74, 6) is 2.25. The fourth-order valence-electron chi connectivity index (χ4n) is 8.44. The van der Waals surface area contributed by atoms with Crippen LogP contribution in [-0.2, 0) is 9.59 Å². The first-order chi connectivity index (χ1) is 13.2. The number of fused-ring (bicyclic) bond motifs is 5. The van der Waals surface area contributed by atoms with Crippen molar-refractivity contribution in [3.05, 3.63) is 0 Å². The maximum absolute atomic E-state index is 13.3. The van der Waals surface area contributed by atoms with Gasteiger partial charge in [0.1, 0.15) is 5.78 Å². The van der Waals surface area contributed by atoms with Gasteiger partial charge in [-0.25, -0.2) is 0 Å². The predicted octanol–water partition coefficient (Wildman–Crippen LogP) is 4.69. The Labute approximate surface area is 169 Å². The van der Waals surface area contributed by atoms with E-state index in [1.54, 1.807) is 0 Å². The Kier molecular flexibility index (Phi) is 5.17. The molecule has 1 unspecified atom stereocenters. The maximum atomic E-state index is 13.3. The molecule has 0 saturated heterocycles. The number of carboxylic acids is 1. The van der Waals surface area contributed by atoms with Crippen LogP contribution >= 0.6 is 0 Å². The van der Waals surface area contributed by atoms with Crippen LogP contribution in [0.1, 0.15) is 85.0 Å². The third-order valence-electron chi connectivity index (χ3n) is 10.0. The van der Waals surface area contributed by atoms with E-state index in [4.69, 9.17) is 5.11 Å². The van der Waals surface area contributed by atoms with Gasteiger partial charge in [-0.2, -0.15) is 0 Å². The Morgan fingerprint density at radius 2 is 1.79 bits per heavy atom. The Bertz CT molecular complexity index is 645. The maximum Gasteiger partial charge on any atom is 0.303 e. The monoisotopic (exact) mass is 390 g/mol. The molecule has 0 aromatic carbocycles. The Morgan fingerprint density at radius 1 is 1.11 bits per heavy atom. The van der Waals surface area contributed by atoms with Crippen LogP contribution in [0.25, 0.3) is 0 Å². The predicted molar refractivity (Wildman–Crippen MR) is 108 cm³/mol. The lowest BCUT2D eigenvalue weighted by Crippen LogP contribution is -2.57. The van der Waals surface area contributed by atoms with E-state index in [1.807, 2.05) is 0 Å². The number of ketones is 1. The van der Waals surface area contributed by atoms with Gasteiger partial charge in [0.25, 0.3) is 0 Å². The van der Waals surface area contributed by atoms with Crippen molar-refractivity contribution in [3.8, 4) is 0 Å². The number of Topliss-reactive ketones (excluding diaryl/α,β-unsaturated/α-hetero) is 1. The van der Waals surface area contributed by atoms with Crippen LogP contribution in [-0.4, -0.2) is 28.1 Å². The van der Waals surface area contributed by atoms with E-state index in [0.29, 0.717) is 41.8 Å². The number of aliphatic hydroxyl groups excluding tert-OH is 1. The number of rotatable bonds is 4. The highest BCUT2D eigenvalue weighted by atomic mass is 16.4. The van der Waals surface area contributed by atoms with E-state index < -0.39 is 5.97 Å². The highest BCUT2D eigenvalue weighted by Gasteiger charge is 2.62. The number of hydrogen-bond acceptors (Lipinski definition) is 3. The van der Waals surface area contributed by atoms with Crippen LogP contribution in [0.3, 0.4) is 0 Å². The van der Waals surface area contributed by atoms with E-state index in [1.165, 1.54) is 6.42 Å². The van der Waals surface area contributed by atoms with Crippen LogP contribution < -0.4 is 0 Å². The SMILES string of the molecule is C[C@H](CCC(=O)O)[C@H]1CC[C@H]2[C@@H]3C(=O)CC4C[C@H](O)CC[C@]4(C)[C@H]3CC[C@]12C. The molecule has 0 bridgehead atoms. The van der Waals surface area contributed by atoms with Gasteiger partial charge in [0.05, 0.1) is 6.10 Å². The van der Waals surface area contributed by atoms with E-state index in [2.05, 4.69) is 20.8 Å². The lowest BCUT2D eigenvalue weighted by molar-refractivity contribution is -0.160. The summed E-state index contributed by atoms with van der Waals surface area (Å²) in [5.41, 5.74) is 0.401. The van der Waals surface area contributed by atoms with Crippen molar-refractivity contribution in [2.75, 3.05) is 0 Å². The summed E-state index contributed by atoms with van der Waals surface area (Å²) in [6.45, 7) is 7.06. The molecule has 0 radical (unpaired) electrons. The van der Waals surface area contributed by atoms with Gasteiger partial charge >= 0.3 is 5.97 Å². The van der Waals surface area contributed by atoms with E-state index in [-0.39, 0.29) is 29.3 Å². The molecule has 4 saturated carbocycles. The first-order valence-electron chi connectivity index (χ1n) is 11.6. The molecule has 4 aliphatic carbocycles. The second kappa shape index (κ2) is 7.11. The average Bonchev–Trinajstić information content (AvgIpc) is 2.98. The lowest BCUT2D eigenvalue weighted by Gasteiger charge is -2.60. The first kappa shape index (κ1) is 20.4. The van der Waals surface area contributed by atoms with E-state index in [9.17, 15) is 14.7 Å². The van der Waals surface area contributed by atoms with Crippen molar-refractivity contribution < 1.29 is 19.8 Å². The minimum Gasteiger partial charge on any atom is -0.481 e. The van der Waals surface area contributed by atoms with Crippen LogP contribution in [0.5, 0.6) is 0 Å². The van der Waals surface area contributed by atoms with Crippen LogP contribution in [0.2, 0.25) is 0 Å². The molecule has 0 heterocycles. The molecular weight excluding hydrogens is 352 g/mol. The highest BCUT2D eigenvalue weighted by Crippen LogP contribution is 2.67. The lowest BCUT2D eigenvalue weighted by atomic mass is 9.44. The van der Waals surface area contributed by atoms with Crippen molar-refractivity contribution in [1.82, 2.24) is 0 Å². The Morgan fingerprint density at radius 3 is 2.50 bits per heavy atom. The highest BCUT2D eigenvalue weighted by molar-refractivity contribution is 5.83. The molecular formula is C24H38O4. The molecule has 2 N–H and O–H groups in total. The quantitative estimate of drug-likeness (QED) is 0.730. The summed E-state index contributed by atoms with van der Waals surface area (Å²) < 4.78 is 0. The minimum atomic E-state index is -0.698. The zero-order valence-corrected chi connectivity index (χ0v) is 17.8. The molecule has 0 aromatic heterocycles. The van der Waals surface area contributed by atoms with Crippen molar-refractivity contribution in [2.24, 2.45) is 46.3 Å². The Balaban J connectivity index is 1.56. The summed E-state index contributed by atoms with van der Waals surface area (Å²) >= 11 is 0. The summed E-state index contributed by atoms with van der Waals surface area (Å²) in [4.78, 5) is 24.4. The number of carbonyl (C=O) groups is 2. The minimum absolute atomic E-state index is 0.187. The molecule has 9 atom stereocenters. The van der Waals surface area contributed by atoms with Gasteiger partial charge in [0, 0.05) is 18.8 Å². The van der Waals surface area contributed by atoms with Gasteiger partial charge in [-0.3, -0.25) is 9.59 Å². The van der Waals surface area contributed by atoms with Crippen molar-refractivity contribution in [1.29, 1.82) is 0 Å². The molecule has 158 valence electrons. The van der Waals surface area contributed by atoms with Gasteiger partial charge in [-0.15, -0.1) is 0 Å². The normalized spacial score (nSPS) is 49.1. The van der Waals surface area contributed by atoms with Crippen molar-refractivity contribution >= 4 is 11.8 Å². The molecule has 0 aliphatic heterocycles. The molecule has 0 aromatic rings.